The minimum Gasteiger partial charge on any atom is -0.309 e. The number of nitrogens with zero attached hydrogens (tertiary/aromatic N) is 4. The molecule has 3 aromatic rings. The smallest absolute Gasteiger partial charge is 0.232 e. The molecule has 1 aliphatic heterocycles. The molecule has 2 heterocycles. The number of carbonyl (C=O) groups excluding carboxylic acids is 1. The highest BCUT2D eigenvalue weighted by Crippen LogP contribution is 2.31. The maximum atomic E-state index is 12.2. The van der Waals surface area contributed by atoms with Crippen molar-refractivity contribution < 1.29 is 4.79 Å². The molecule has 0 amide bonds. The van der Waals surface area contributed by atoms with Crippen molar-refractivity contribution in [2.45, 2.75) is 11.7 Å². The normalized spacial score (nSPS) is 13.1. The first kappa shape index (κ1) is 15.0. The fourth-order valence-corrected chi connectivity index (χ4v) is 3.63. The fourth-order valence-electron chi connectivity index (χ4n) is 2.77. The second-order valence-corrected chi connectivity index (χ2v) is 6.44. The second kappa shape index (κ2) is 6.49. The molecular formula is C18H16N4OS. The average molecular weight is 336 g/mol. The Bertz CT molecular complexity index is 848. The lowest BCUT2D eigenvalue weighted by atomic mass is 10.2. The van der Waals surface area contributed by atoms with Crippen molar-refractivity contribution in [1.29, 1.82) is 0 Å². The van der Waals surface area contributed by atoms with Crippen LogP contribution in [0.4, 0.5) is 11.6 Å². The molecule has 4 rings (SSSR count). The summed E-state index contributed by atoms with van der Waals surface area (Å²) in [5.41, 5.74) is 1.85. The van der Waals surface area contributed by atoms with Crippen LogP contribution in [0.2, 0.25) is 0 Å². The van der Waals surface area contributed by atoms with E-state index in [1.807, 2.05) is 48.5 Å². The molecule has 0 N–H and O–H groups in total. The molecule has 0 unspecified atom stereocenters. The Labute approximate surface area is 144 Å². The summed E-state index contributed by atoms with van der Waals surface area (Å²) >= 11 is 1.45. The van der Waals surface area contributed by atoms with Crippen molar-refractivity contribution in [3.05, 3.63) is 66.2 Å². The largest absolute Gasteiger partial charge is 0.309 e. The summed E-state index contributed by atoms with van der Waals surface area (Å²) in [6.45, 7) is 1.70. The van der Waals surface area contributed by atoms with Gasteiger partial charge in [0.1, 0.15) is 0 Å². The van der Waals surface area contributed by atoms with E-state index in [1.165, 1.54) is 11.8 Å². The van der Waals surface area contributed by atoms with Gasteiger partial charge in [-0.15, -0.1) is 10.2 Å². The molecule has 5 nitrogen and oxygen atoms in total. The summed E-state index contributed by atoms with van der Waals surface area (Å²) in [7, 11) is 0. The number of carbonyl (C=O) groups is 1. The van der Waals surface area contributed by atoms with Crippen LogP contribution in [0.5, 0.6) is 0 Å². The zero-order chi connectivity index (χ0) is 16.4. The van der Waals surface area contributed by atoms with Crippen molar-refractivity contribution in [2.75, 3.05) is 17.2 Å². The molecule has 1 aliphatic rings. The van der Waals surface area contributed by atoms with E-state index in [-0.39, 0.29) is 5.78 Å². The third-order valence-electron chi connectivity index (χ3n) is 3.98. The molecule has 6 heteroatoms. The Kier molecular flexibility index (Phi) is 4.04. The maximum absolute atomic E-state index is 12.2. The van der Waals surface area contributed by atoms with Crippen molar-refractivity contribution in [2.24, 2.45) is 0 Å². The Balaban J connectivity index is 1.48. The summed E-state index contributed by atoms with van der Waals surface area (Å²) in [4.78, 5) is 14.4. The van der Waals surface area contributed by atoms with E-state index in [1.54, 1.807) is 0 Å². The number of Topliss-reactive ketones (excluding diaryl/α,β-unsaturated/α-hetero) is 1. The molecule has 1 aromatic heterocycles. The Morgan fingerprint density at radius 3 is 2.42 bits per heavy atom. The van der Waals surface area contributed by atoms with Crippen LogP contribution in [0.1, 0.15) is 10.4 Å². The van der Waals surface area contributed by atoms with E-state index in [2.05, 4.69) is 31.8 Å². The van der Waals surface area contributed by atoms with Gasteiger partial charge in [0.05, 0.1) is 5.75 Å². The van der Waals surface area contributed by atoms with Gasteiger partial charge in [-0.1, -0.05) is 60.3 Å². The highest BCUT2D eigenvalue weighted by atomic mass is 32.2. The summed E-state index contributed by atoms with van der Waals surface area (Å²) in [6, 6.07) is 19.5. The number of hydrogen-bond donors (Lipinski definition) is 0. The molecule has 24 heavy (non-hydrogen) atoms. The highest BCUT2D eigenvalue weighted by molar-refractivity contribution is 7.99. The SMILES string of the molecule is O=C(CSc1nnc2n1CCN2c1ccccc1)c1ccccc1. The van der Waals surface area contributed by atoms with Crippen LogP contribution in [0.25, 0.3) is 0 Å². The lowest BCUT2D eigenvalue weighted by Crippen LogP contribution is -2.14. The predicted molar refractivity (Wildman–Crippen MR) is 95.0 cm³/mol. The first-order valence-corrected chi connectivity index (χ1v) is 8.78. The number of anilines is 2. The quantitative estimate of drug-likeness (QED) is 0.528. The average Bonchev–Trinajstić information content (AvgIpc) is 3.23. The topological polar surface area (TPSA) is 51.0 Å². The van der Waals surface area contributed by atoms with Gasteiger partial charge in [0.2, 0.25) is 5.95 Å². The van der Waals surface area contributed by atoms with Crippen LogP contribution < -0.4 is 4.90 Å². The minimum atomic E-state index is 0.107. The van der Waals surface area contributed by atoms with Gasteiger partial charge in [-0.2, -0.15) is 0 Å². The van der Waals surface area contributed by atoms with Crippen LogP contribution in [0, 0.1) is 0 Å². The van der Waals surface area contributed by atoms with Crippen molar-refractivity contribution in [1.82, 2.24) is 14.8 Å². The van der Waals surface area contributed by atoms with Gasteiger partial charge in [-0.05, 0) is 12.1 Å². The van der Waals surface area contributed by atoms with Gasteiger partial charge in [-0.3, -0.25) is 9.36 Å². The van der Waals surface area contributed by atoms with E-state index in [0.29, 0.717) is 5.75 Å². The number of aromatic nitrogens is 3. The zero-order valence-corrected chi connectivity index (χ0v) is 13.8. The van der Waals surface area contributed by atoms with Crippen molar-refractivity contribution >= 4 is 29.2 Å². The van der Waals surface area contributed by atoms with Gasteiger partial charge >= 0.3 is 0 Å². The Hall–Kier alpha value is -2.60. The molecule has 120 valence electrons. The minimum absolute atomic E-state index is 0.107. The Morgan fingerprint density at radius 1 is 0.958 bits per heavy atom. The summed E-state index contributed by atoms with van der Waals surface area (Å²) in [6.07, 6.45) is 0. The van der Waals surface area contributed by atoms with Crippen LogP contribution >= 0.6 is 11.8 Å². The first-order chi connectivity index (χ1) is 11.8. The van der Waals surface area contributed by atoms with Crippen LogP contribution in [0.15, 0.2) is 65.8 Å². The van der Waals surface area contributed by atoms with Crippen molar-refractivity contribution in [3.63, 3.8) is 0 Å². The molecular weight excluding hydrogens is 320 g/mol. The van der Waals surface area contributed by atoms with Gasteiger partial charge < -0.3 is 4.90 Å². The Morgan fingerprint density at radius 2 is 1.67 bits per heavy atom. The van der Waals surface area contributed by atoms with Crippen LogP contribution in [0.3, 0.4) is 0 Å². The summed E-state index contributed by atoms with van der Waals surface area (Å²) in [5.74, 6) is 1.32. The summed E-state index contributed by atoms with van der Waals surface area (Å²) < 4.78 is 2.08. The molecule has 0 fully saturated rings. The number of hydrogen-bond acceptors (Lipinski definition) is 5. The third kappa shape index (κ3) is 2.80. The lowest BCUT2D eigenvalue weighted by molar-refractivity contribution is 0.102. The van der Waals surface area contributed by atoms with Crippen molar-refractivity contribution in [3.8, 4) is 0 Å². The van der Waals surface area contributed by atoms with Gasteiger partial charge in [0.15, 0.2) is 10.9 Å². The van der Waals surface area contributed by atoms with Gasteiger partial charge in [0, 0.05) is 24.3 Å². The second-order valence-electron chi connectivity index (χ2n) is 5.50. The molecule has 0 saturated carbocycles. The van der Waals surface area contributed by atoms with Crippen LogP contribution in [-0.2, 0) is 6.54 Å². The van der Waals surface area contributed by atoms with E-state index < -0.39 is 0 Å². The molecule has 0 spiro atoms. The molecule has 0 saturated heterocycles. The van der Waals surface area contributed by atoms with Gasteiger partial charge in [0.25, 0.3) is 0 Å². The highest BCUT2D eigenvalue weighted by Gasteiger charge is 2.26. The molecule has 0 bridgehead atoms. The van der Waals surface area contributed by atoms with Gasteiger partial charge in [-0.25, -0.2) is 0 Å². The molecule has 2 aromatic carbocycles. The zero-order valence-electron chi connectivity index (χ0n) is 13.0. The maximum Gasteiger partial charge on any atom is 0.232 e. The van der Waals surface area contributed by atoms with E-state index in [0.717, 1.165) is 35.4 Å². The monoisotopic (exact) mass is 336 g/mol. The van der Waals surface area contributed by atoms with E-state index >= 15 is 0 Å². The molecule has 0 atom stereocenters. The standard InChI is InChI=1S/C18H16N4OS/c23-16(14-7-3-1-4-8-14)13-24-18-20-19-17-21(11-12-22(17)18)15-9-5-2-6-10-15/h1-10H,11-13H2. The predicted octanol–water partition coefficient (Wildman–Crippen LogP) is 3.40. The number of thioether (sulfide) groups is 1. The van der Waals surface area contributed by atoms with Crippen LogP contribution in [-0.4, -0.2) is 32.8 Å². The number of para-hydroxylation sites is 1. The number of benzene rings is 2. The molecule has 0 radical (unpaired) electrons. The fraction of sp³-hybridized carbons (Fsp3) is 0.167. The number of rotatable bonds is 5. The third-order valence-corrected chi connectivity index (χ3v) is 4.95. The lowest BCUT2D eigenvalue weighted by Gasteiger charge is -2.14. The number of ketones is 1. The summed E-state index contributed by atoms with van der Waals surface area (Å²) in [5, 5.41) is 9.37. The first-order valence-electron chi connectivity index (χ1n) is 7.80. The van der Waals surface area contributed by atoms with E-state index in [9.17, 15) is 4.79 Å². The van der Waals surface area contributed by atoms with E-state index in [4.69, 9.17) is 0 Å². The molecule has 0 aliphatic carbocycles. The number of fused-ring (bicyclic) bond motifs is 1.